The summed E-state index contributed by atoms with van der Waals surface area (Å²) in [4.78, 5) is 11.0. The van der Waals surface area contributed by atoms with Gasteiger partial charge >= 0.3 is 0 Å². The van der Waals surface area contributed by atoms with Crippen molar-refractivity contribution in [1.29, 1.82) is 0 Å². The zero-order valence-electron chi connectivity index (χ0n) is 26.7. The van der Waals surface area contributed by atoms with Crippen LogP contribution in [-0.2, 0) is 0 Å². The fourth-order valence-electron chi connectivity index (χ4n) is 7.87. The number of para-hydroxylation sites is 1. The van der Waals surface area contributed by atoms with Crippen molar-refractivity contribution in [2.45, 2.75) is 0 Å². The number of rotatable bonds is 3. The van der Waals surface area contributed by atoms with E-state index in [0.717, 1.165) is 71.6 Å². The second-order valence-corrected chi connectivity index (χ2v) is 13.9. The summed E-state index contributed by atoms with van der Waals surface area (Å²) in [6, 6.07) is 55.8. The molecule has 0 bridgehead atoms. The third-order valence-electron chi connectivity index (χ3n) is 10.1. The average molecular weight is 655 g/mol. The van der Waals surface area contributed by atoms with Crippen LogP contribution in [-0.4, -0.2) is 9.97 Å². The molecule has 0 N–H and O–H groups in total. The van der Waals surface area contributed by atoms with Crippen molar-refractivity contribution in [2.75, 3.05) is 0 Å². The van der Waals surface area contributed by atoms with Gasteiger partial charge in [-0.15, -0.1) is 11.3 Å². The van der Waals surface area contributed by atoms with Crippen LogP contribution in [0.5, 0.6) is 0 Å². The highest BCUT2D eigenvalue weighted by atomic mass is 32.1. The molecule has 0 aliphatic heterocycles. The molecule has 11 aromatic rings. The Kier molecular flexibility index (Phi) is 5.83. The van der Waals surface area contributed by atoms with E-state index in [9.17, 15) is 0 Å². The largest absolute Gasteiger partial charge is 0.456 e. The maximum atomic E-state index is 6.40. The molecule has 11 rings (SSSR count). The highest BCUT2D eigenvalue weighted by Gasteiger charge is 2.24. The van der Waals surface area contributed by atoms with E-state index >= 15 is 0 Å². The van der Waals surface area contributed by atoms with Gasteiger partial charge in [-0.2, -0.15) is 0 Å². The van der Waals surface area contributed by atoms with Crippen molar-refractivity contribution in [1.82, 2.24) is 9.97 Å². The van der Waals surface area contributed by atoms with Gasteiger partial charge in [0.25, 0.3) is 0 Å². The van der Waals surface area contributed by atoms with E-state index in [1.807, 2.05) is 23.5 Å². The molecule has 3 nitrogen and oxygen atoms in total. The number of furan rings is 1. The summed E-state index contributed by atoms with van der Waals surface area (Å²) in [5.74, 6) is 0.719. The molecule has 0 radical (unpaired) electrons. The van der Waals surface area contributed by atoms with Crippen LogP contribution in [0.3, 0.4) is 0 Å². The quantitative estimate of drug-likeness (QED) is 0.178. The molecular formula is C46H26N2OS. The van der Waals surface area contributed by atoms with E-state index in [0.29, 0.717) is 0 Å². The molecule has 0 atom stereocenters. The van der Waals surface area contributed by atoms with Crippen molar-refractivity contribution in [3.05, 3.63) is 158 Å². The highest BCUT2D eigenvalue weighted by Crippen LogP contribution is 2.50. The molecule has 0 unspecified atom stereocenters. The Morgan fingerprint density at radius 2 is 1.12 bits per heavy atom. The fraction of sp³-hybridized carbons (Fsp3) is 0. The van der Waals surface area contributed by atoms with Gasteiger partial charge in [0.1, 0.15) is 11.2 Å². The number of nitrogens with zero attached hydrogens (tertiary/aromatic N) is 2. The molecular weight excluding hydrogens is 629 g/mol. The summed E-state index contributed by atoms with van der Waals surface area (Å²) < 4.78 is 8.89. The smallest absolute Gasteiger partial charge is 0.161 e. The van der Waals surface area contributed by atoms with E-state index < -0.39 is 0 Å². The van der Waals surface area contributed by atoms with E-state index in [2.05, 4.69) is 146 Å². The van der Waals surface area contributed by atoms with Gasteiger partial charge in [0.15, 0.2) is 5.82 Å². The lowest BCUT2D eigenvalue weighted by Crippen LogP contribution is -1.98. The summed E-state index contributed by atoms with van der Waals surface area (Å²) in [6.07, 6.45) is 0. The third-order valence-corrected chi connectivity index (χ3v) is 11.3. The number of aromatic nitrogens is 2. The Morgan fingerprint density at radius 1 is 0.440 bits per heavy atom. The minimum atomic E-state index is 0.719. The SMILES string of the molecule is c1ccc(-c2c3ccccc3c(-c3nc(-c4ccc5c(c4)oc4ccccc45)c4c(ccc5ccccc54)n3)c3c2sc2ccccc23)cc1. The molecule has 0 aliphatic carbocycles. The molecule has 3 heterocycles. The van der Waals surface area contributed by atoms with E-state index in [1.54, 1.807) is 0 Å². The minimum absolute atomic E-state index is 0.719. The van der Waals surface area contributed by atoms with Crippen LogP contribution in [0.15, 0.2) is 162 Å². The molecule has 3 aromatic heterocycles. The second kappa shape index (κ2) is 10.6. The van der Waals surface area contributed by atoms with Crippen LogP contribution < -0.4 is 0 Å². The van der Waals surface area contributed by atoms with Crippen LogP contribution in [0.2, 0.25) is 0 Å². The molecule has 0 saturated heterocycles. The summed E-state index contributed by atoms with van der Waals surface area (Å²) >= 11 is 1.85. The molecule has 0 amide bonds. The van der Waals surface area contributed by atoms with Gasteiger partial charge in [0.05, 0.1) is 11.2 Å². The monoisotopic (exact) mass is 654 g/mol. The summed E-state index contributed by atoms with van der Waals surface area (Å²) in [6.45, 7) is 0. The van der Waals surface area contributed by atoms with Gasteiger partial charge in [-0.25, -0.2) is 9.97 Å². The Labute approximate surface area is 290 Å². The maximum absolute atomic E-state index is 6.40. The van der Waals surface area contributed by atoms with Gasteiger partial charge in [-0.3, -0.25) is 0 Å². The Bertz CT molecular complexity index is 3160. The van der Waals surface area contributed by atoms with Crippen LogP contribution in [0.25, 0.3) is 108 Å². The van der Waals surface area contributed by atoms with Crippen LogP contribution in [0.1, 0.15) is 0 Å². The first kappa shape index (κ1) is 27.6. The zero-order chi connectivity index (χ0) is 32.8. The number of thiophene rings is 1. The third kappa shape index (κ3) is 3.97. The number of benzene rings is 8. The first-order valence-corrected chi connectivity index (χ1v) is 17.6. The molecule has 8 aromatic carbocycles. The van der Waals surface area contributed by atoms with E-state index in [4.69, 9.17) is 14.4 Å². The van der Waals surface area contributed by atoms with Gasteiger partial charge < -0.3 is 4.42 Å². The first-order chi connectivity index (χ1) is 24.8. The van der Waals surface area contributed by atoms with E-state index in [1.165, 1.54) is 36.7 Å². The van der Waals surface area contributed by atoms with Crippen molar-refractivity contribution in [3.8, 4) is 33.8 Å². The molecule has 0 fully saturated rings. The Hall–Kier alpha value is -6.36. The predicted molar refractivity (Wildman–Crippen MR) is 211 cm³/mol. The average Bonchev–Trinajstić information content (AvgIpc) is 3.75. The van der Waals surface area contributed by atoms with Crippen molar-refractivity contribution < 1.29 is 4.42 Å². The molecule has 0 spiro atoms. The topological polar surface area (TPSA) is 38.9 Å². The van der Waals surface area contributed by atoms with Gasteiger partial charge in [-0.05, 0) is 57.4 Å². The van der Waals surface area contributed by atoms with Crippen LogP contribution >= 0.6 is 11.3 Å². The van der Waals surface area contributed by atoms with E-state index in [-0.39, 0.29) is 0 Å². The molecule has 232 valence electrons. The Morgan fingerprint density at radius 3 is 1.98 bits per heavy atom. The summed E-state index contributed by atoms with van der Waals surface area (Å²) in [5.41, 5.74) is 8.06. The van der Waals surface area contributed by atoms with Crippen LogP contribution in [0, 0.1) is 0 Å². The fourth-order valence-corrected chi connectivity index (χ4v) is 9.16. The molecule has 4 heteroatoms. The zero-order valence-corrected chi connectivity index (χ0v) is 27.5. The number of hydrogen-bond acceptors (Lipinski definition) is 4. The number of fused-ring (bicyclic) bond motifs is 10. The van der Waals surface area contributed by atoms with Gasteiger partial charge in [0.2, 0.25) is 0 Å². The Balaban J connectivity index is 1.30. The van der Waals surface area contributed by atoms with Crippen LogP contribution in [0.4, 0.5) is 0 Å². The van der Waals surface area contributed by atoms with Gasteiger partial charge in [-0.1, -0.05) is 127 Å². The first-order valence-electron chi connectivity index (χ1n) is 16.8. The number of hydrogen-bond donors (Lipinski definition) is 0. The lowest BCUT2D eigenvalue weighted by Gasteiger charge is -2.17. The lowest BCUT2D eigenvalue weighted by molar-refractivity contribution is 0.669. The summed E-state index contributed by atoms with van der Waals surface area (Å²) in [5, 5.41) is 10.3. The summed E-state index contributed by atoms with van der Waals surface area (Å²) in [7, 11) is 0. The minimum Gasteiger partial charge on any atom is -0.456 e. The lowest BCUT2D eigenvalue weighted by atomic mass is 9.90. The molecule has 50 heavy (non-hydrogen) atoms. The van der Waals surface area contributed by atoms with Crippen molar-refractivity contribution in [2.24, 2.45) is 0 Å². The molecule has 0 saturated carbocycles. The van der Waals surface area contributed by atoms with Crippen molar-refractivity contribution >= 4 is 85.9 Å². The normalized spacial score (nSPS) is 12.0. The highest BCUT2D eigenvalue weighted by molar-refractivity contribution is 7.26. The maximum Gasteiger partial charge on any atom is 0.161 e. The second-order valence-electron chi connectivity index (χ2n) is 12.8. The van der Waals surface area contributed by atoms with Crippen molar-refractivity contribution in [3.63, 3.8) is 0 Å². The van der Waals surface area contributed by atoms with Gasteiger partial charge in [0, 0.05) is 53.0 Å². The molecule has 0 aliphatic rings. The standard InChI is InChI=1S/C46H26N2OS/c1-2-13-28(14-3-1)40-33-17-6-7-18-34(33)43(42-35-19-9-11-21-39(35)50-45(40)42)46-47-36-25-23-27-12-4-5-15-30(27)41(36)44(48-46)29-22-24-32-31-16-8-10-20-37(31)49-38(32)26-29/h1-26H. The predicted octanol–water partition coefficient (Wildman–Crippen LogP) is 13.2.